The molecule has 0 radical (unpaired) electrons. The van der Waals surface area contributed by atoms with Gasteiger partial charge in [0.2, 0.25) is 0 Å². The topological polar surface area (TPSA) is 52.6 Å². The normalized spacial score (nSPS) is 14.5. The first-order valence-electron chi connectivity index (χ1n) is 7.18. The maximum atomic E-state index is 11.6. The number of carbonyl (C=O) groups is 2. The van der Waals surface area contributed by atoms with Crippen molar-refractivity contribution in [3.8, 4) is 0 Å². The predicted octanol–water partition coefficient (Wildman–Crippen LogP) is 4.38. The van der Waals surface area contributed by atoms with Crippen molar-refractivity contribution in [3.05, 3.63) is 0 Å². The van der Waals surface area contributed by atoms with Crippen molar-refractivity contribution in [2.75, 3.05) is 0 Å². The van der Waals surface area contributed by atoms with Gasteiger partial charge in [0.05, 0.1) is 0 Å². The summed E-state index contributed by atoms with van der Waals surface area (Å²) in [6, 6.07) is 0. The molecule has 0 aliphatic carbocycles. The molecule has 118 valence electrons. The van der Waals surface area contributed by atoms with E-state index in [2.05, 4.69) is 22.6 Å². The van der Waals surface area contributed by atoms with Gasteiger partial charge in [-0.25, -0.2) is 0 Å². The van der Waals surface area contributed by atoms with E-state index < -0.39 is 9.21 Å². The van der Waals surface area contributed by atoms with Crippen molar-refractivity contribution in [3.63, 3.8) is 0 Å². The van der Waals surface area contributed by atoms with E-state index in [0.717, 1.165) is 32.1 Å². The van der Waals surface area contributed by atoms with Crippen LogP contribution in [-0.4, -0.2) is 21.1 Å². The van der Waals surface area contributed by atoms with Gasteiger partial charge in [-0.1, -0.05) is 13.3 Å². The summed E-state index contributed by atoms with van der Waals surface area (Å²) in [6.45, 7) is 9.15. The third kappa shape index (κ3) is 10.5. The maximum Gasteiger partial charge on any atom is 0.307 e. The molecule has 0 fully saturated rings. The van der Waals surface area contributed by atoms with Gasteiger partial charge in [-0.15, -0.1) is 0 Å². The van der Waals surface area contributed by atoms with E-state index >= 15 is 0 Å². The van der Waals surface area contributed by atoms with Gasteiger partial charge in [0, 0.05) is 13.3 Å². The van der Waals surface area contributed by atoms with E-state index in [1.807, 2.05) is 27.7 Å². The number of hydrogen-bond donors (Lipinski definition) is 0. The van der Waals surface area contributed by atoms with Crippen molar-refractivity contribution < 1.29 is 19.1 Å². The van der Waals surface area contributed by atoms with Crippen molar-refractivity contribution in [1.82, 2.24) is 0 Å². The second-order valence-electron chi connectivity index (χ2n) is 5.84. The number of halogens is 1. The van der Waals surface area contributed by atoms with Crippen LogP contribution < -0.4 is 0 Å². The number of hydrogen-bond acceptors (Lipinski definition) is 4. The molecule has 5 heteroatoms. The molecule has 0 aromatic rings. The van der Waals surface area contributed by atoms with Crippen LogP contribution in [0.2, 0.25) is 0 Å². The molecule has 0 aliphatic rings. The van der Waals surface area contributed by atoms with Gasteiger partial charge in [-0.3, -0.25) is 9.59 Å². The van der Waals surface area contributed by atoms with Crippen LogP contribution in [0, 0.1) is 0 Å². The van der Waals surface area contributed by atoms with E-state index in [0.29, 0.717) is 6.42 Å². The Morgan fingerprint density at radius 1 is 1.05 bits per heavy atom. The largest absolute Gasteiger partial charge is 0.460 e. The second kappa shape index (κ2) is 8.85. The van der Waals surface area contributed by atoms with Crippen LogP contribution in [0.4, 0.5) is 0 Å². The zero-order chi connectivity index (χ0) is 15.8. The molecule has 0 saturated heterocycles. The SMILES string of the molecule is CCC(C)(I)OC(=O)CCCCCC(C)(C)OC(C)=O. The highest BCUT2D eigenvalue weighted by atomic mass is 127. The summed E-state index contributed by atoms with van der Waals surface area (Å²) in [7, 11) is 0. The molecule has 0 aromatic carbocycles. The lowest BCUT2D eigenvalue weighted by Gasteiger charge is -2.24. The van der Waals surface area contributed by atoms with Crippen molar-refractivity contribution in [1.29, 1.82) is 0 Å². The lowest BCUT2D eigenvalue weighted by atomic mass is 10.00. The molecule has 0 saturated carbocycles. The van der Waals surface area contributed by atoms with Gasteiger partial charge >= 0.3 is 11.9 Å². The van der Waals surface area contributed by atoms with Crippen LogP contribution in [0.3, 0.4) is 0 Å². The summed E-state index contributed by atoms with van der Waals surface area (Å²) in [5, 5.41) is 0. The number of alkyl halides is 1. The monoisotopic (exact) mass is 398 g/mol. The van der Waals surface area contributed by atoms with Crippen LogP contribution in [0.1, 0.15) is 73.1 Å². The molecule has 0 aliphatic heterocycles. The molecular formula is C15H27IO4. The number of rotatable bonds is 9. The van der Waals surface area contributed by atoms with E-state index in [-0.39, 0.29) is 11.9 Å². The number of ether oxygens (including phenoxy) is 2. The van der Waals surface area contributed by atoms with Gasteiger partial charge in [0.15, 0.2) is 3.61 Å². The van der Waals surface area contributed by atoms with Crippen LogP contribution in [-0.2, 0) is 19.1 Å². The minimum Gasteiger partial charge on any atom is -0.460 e. The zero-order valence-corrected chi connectivity index (χ0v) is 15.4. The fraction of sp³-hybridized carbons (Fsp3) is 0.867. The molecule has 0 amide bonds. The first-order valence-corrected chi connectivity index (χ1v) is 8.26. The third-order valence-electron chi connectivity index (χ3n) is 3.04. The highest BCUT2D eigenvalue weighted by Gasteiger charge is 2.22. The van der Waals surface area contributed by atoms with Gasteiger partial charge in [-0.05, 0) is 69.0 Å². The quantitative estimate of drug-likeness (QED) is 0.250. The van der Waals surface area contributed by atoms with Crippen molar-refractivity contribution in [2.45, 2.75) is 82.4 Å². The zero-order valence-electron chi connectivity index (χ0n) is 13.3. The van der Waals surface area contributed by atoms with Crippen LogP contribution in [0.5, 0.6) is 0 Å². The average molecular weight is 398 g/mol. The molecule has 1 unspecified atom stereocenters. The third-order valence-corrected chi connectivity index (χ3v) is 4.02. The fourth-order valence-corrected chi connectivity index (χ4v) is 2.04. The summed E-state index contributed by atoms with van der Waals surface area (Å²) in [6.07, 6.45) is 4.74. The van der Waals surface area contributed by atoms with Gasteiger partial charge < -0.3 is 9.47 Å². The lowest BCUT2D eigenvalue weighted by Crippen LogP contribution is -2.26. The standard InChI is InChI=1S/C15H27IO4/c1-6-15(5,16)20-13(18)10-8-7-9-11-14(3,4)19-12(2)17/h6-11H2,1-5H3. The molecule has 0 aromatic heterocycles. The highest BCUT2D eigenvalue weighted by molar-refractivity contribution is 14.1. The summed E-state index contributed by atoms with van der Waals surface area (Å²) in [5.74, 6) is -0.387. The molecule has 4 nitrogen and oxygen atoms in total. The summed E-state index contributed by atoms with van der Waals surface area (Å²) < 4.78 is 10.2. The minimum atomic E-state index is -0.421. The Balaban J connectivity index is 3.77. The second-order valence-corrected chi connectivity index (χ2v) is 8.13. The van der Waals surface area contributed by atoms with E-state index in [9.17, 15) is 9.59 Å². The minimum absolute atomic E-state index is 0.136. The predicted molar refractivity (Wildman–Crippen MR) is 87.7 cm³/mol. The van der Waals surface area contributed by atoms with E-state index in [1.165, 1.54) is 6.92 Å². The molecule has 0 N–H and O–H groups in total. The Labute approximate surface area is 136 Å². The number of carbonyl (C=O) groups excluding carboxylic acids is 2. The van der Waals surface area contributed by atoms with Gasteiger partial charge in [0.25, 0.3) is 0 Å². The van der Waals surface area contributed by atoms with Crippen molar-refractivity contribution in [2.24, 2.45) is 0 Å². The van der Waals surface area contributed by atoms with Crippen LogP contribution in [0.15, 0.2) is 0 Å². The Bertz CT molecular complexity index is 324. The first kappa shape index (κ1) is 19.7. The highest BCUT2D eigenvalue weighted by Crippen LogP contribution is 2.25. The van der Waals surface area contributed by atoms with Gasteiger partial charge in [-0.2, -0.15) is 0 Å². The first-order chi connectivity index (χ1) is 9.08. The molecular weight excluding hydrogens is 371 g/mol. The lowest BCUT2D eigenvalue weighted by molar-refractivity contribution is -0.154. The number of unbranched alkanes of at least 4 members (excludes halogenated alkanes) is 2. The molecule has 0 heterocycles. The van der Waals surface area contributed by atoms with Crippen molar-refractivity contribution >= 4 is 34.5 Å². The summed E-state index contributed by atoms with van der Waals surface area (Å²) in [5.41, 5.74) is -0.421. The Morgan fingerprint density at radius 3 is 2.15 bits per heavy atom. The molecule has 0 bridgehead atoms. The number of esters is 2. The summed E-state index contributed by atoms with van der Waals surface area (Å²) >= 11 is 2.15. The Kier molecular flexibility index (Phi) is 8.70. The van der Waals surface area contributed by atoms with Gasteiger partial charge in [0.1, 0.15) is 5.60 Å². The Morgan fingerprint density at radius 2 is 1.65 bits per heavy atom. The van der Waals surface area contributed by atoms with E-state index in [1.54, 1.807) is 0 Å². The van der Waals surface area contributed by atoms with Crippen LogP contribution >= 0.6 is 22.6 Å². The maximum absolute atomic E-state index is 11.6. The van der Waals surface area contributed by atoms with Crippen LogP contribution in [0.25, 0.3) is 0 Å². The molecule has 20 heavy (non-hydrogen) atoms. The molecule has 1 atom stereocenters. The summed E-state index contributed by atoms with van der Waals surface area (Å²) in [4.78, 5) is 22.5. The average Bonchev–Trinajstić information content (AvgIpc) is 2.25. The molecule has 0 rings (SSSR count). The molecule has 0 spiro atoms. The Hall–Kier alpha value is -0.330. The fourth-order valence-electron chi connectivity index (χ4n) is 1.80. The smallest absolute Gasteiger partial charge is 0.307 e. The van der Waals surface area contributed by atoms with E-state index in [4.69, 9.17) is 9.47 Å².